The van der Waals surface area contributed by atoms with Crippen LogP contribution in [0.25, 0.3) is 11.1 Å². The van der Waals surface area contributed by atoms with Gasteiger partial charge in [-0.05, 0) is 41.5 Å². The molecule has 0 aliphatic heterocycles. The molecule has 0 unspecified atom stereocenters. The number of hydrogen-bond acceptors (Lipinski definition) is 1. The fourth-order valence-electron chi connectivity index (χ4n) is 1.57. The van der Waals surface area contributed by atoms with Gasteiger partial charge in [0.25, 0.3) is 0 Å². The van der Waals surface area contributed by atoms with Crippen molar-refractivity contribution in [1.29, 1.82) is 0 Å². The van der Waals surface area contributed by atoms with E-state index in [0.717, 1.165) is 0 Å². The molecule has 86 valence electrons. The molecule has 17 heavy (non-hydrogen) atoms. The Morgan fingerprint density at radius 1 is 1.12 bits per heavy atom. The first-order valence-corrected chi connectivity index (χ1v) is 5.24. The van der Waals surface area contributed by atoms with Crippen molar-refractivity contribution in [3.8, 4) is 11.1 Å². The van der Waals surface area contributed by atoms with Gasteiger partial charge >= 0.3 is 5.97 Å². The van der Waals surface area contributed by atoms with E-state index >= 15 is 0 Å². The third-order valence-electron chi connectivity index (χ3n) is 2.37. The molecule has 0 spiro atoms. The Morgan fingerprint density at radius 3 is 2.35 bits per heavy atom. The second-order valence-electron chi connectivity index (χ2n) is 3.50. The van der Waals surface area contributed by atoms with Crippen LogP contribution in [0.1, 0.15) is 10.4 Å². The maximum Gasteiger partial charge on any atom is 0.336 e. The molecule has 4 heteroatoms. The van der Waals surface area contributed by atoms with Crippen LogP contribution in [-0.4, -0.2) is 11.1 Å². The fraction of sp³-hybridized carbons (Fsp3) is 0. The Hall–Kier alpha value is -1.87. The molecular formula is C13H8ClFO2. The lowest BCUT2D eigenvalue weighted by atomic mass is 10.00. The highest BCUT2D eigenvalue weighted by molar-refractivity contribution is 6.31. The predicted octanol–water partition coefficient (Wildman–Crippen LogP) is 3.84. The van der Waals surface area contributed by atoms with Gasteiger partial charge in [0.05, 0.1) is 5.56 Å². The number of rotatable bonds is 2. The molecule has 2 rings (SSSR count). The second kappa shape index (κ2) is 4.55. The molecular weight excluding hydrogens is 243 g/mol. The summed E-state index contributed by atoms with van der Waals surface area (Å²) in [4.78, 5) is 11.1. The Balaban J connectivity index is 2.60. The standard InChI is InChI=1S/C13H8ClFO2/c14-9-3-6-11(13(16)17)12(7-9)8-1-4-10(15)5-2-8/h1-7H,(H,16,17). The van der Waals surface area contributed by atoms with Crippen LogP contribution >= 0.6 is 11.6 Å². The average Bonchev–Trinajstić information content (AvgIpc) is 2.29. The highest BCUT2D eigenvalue weighted by Gasteiger charge is 2.12. The minimum atomic E-state index is -1.04. The zero-order valence-corrected chi connectivity index (χ0v) is 9.41. The van der Waals surface area contributed by atoms with Crippen LogP contribution in [-0.2, 0) is 0 Å². The summed E-state index contributed by atoms with van der Waals surface area (Å²) >= 11 is 5.84. The maximum atomic E-state index is 12.8. The van der Waals surface area contributed by atoms with Crippen LogP contribution < -0.4 is 0 Å². The highest BCUT2D eigenvalue weighted by atomic mass is 35.5. The molecule has 0 aliphatic carbocycles. The summed E-state index contributed by atoms with van der Waals surface area (Å²) in [5, 5.41) is 9.49. The zero-order chi connectivity index (χ0) is 12.4. The minimum Gasteiger partial charge on any atom is -0.478 e. The van der Waals surface area contributed by atoms with Gasteiger partial charge in [-0.1, -0.05) is 23.7 Å². The minimum absolute atomic E-state index is 0.140. The molecule has 2 aromatic rings. The van der Waals surface area contributed by atoms with Gasteiger partial charge in [-0.2, -0.15) is 0 Å². The molecule has 0 atom stereocenters. The van der Waals surface area contributed by atoms with E-state index in [1.165, 1.54) is 36.4 Å². The van der Waals surface area contributed by atoms with Crippen molar-refractivity contribution >= 4 is 17.6 Å². The molecule has 0 fully saturated rings. The Bertz CT molecular complexity index is 564. The Morgan fingerprint density at radius 2 is 1.76 bits per heavy atom. The first-order chi connectivity index (χ1) is 8.08. The molecule has 2 aromatic carbocycles. The first-order valence-electron chi connectivity index (χ1n) is 4.87. The van der Waals surface area contributed by atoms with Crippen molar-refractivity contribution < 1.29 is 14.3 Å². The van der Waals surface area contributed by atoms with E-state index in [1.807, 2.05) is 0 Å². The average molecular weight is 251 g/mol. The number of benzene rings is 2. The monoisotopic (exact) mass is 250 g/mol. The number of halogens is 2. The SMILES string of the molecule is O=C(O)c1ccc(Cl)cc1-c1ccc(F)cc1. The van der Waals surface area contributed by atoms with Crippen molar-refractivity contribution in [3.63, 3.8) is 0 Å². The molecule has 0 saturated carbocycles. The summed E-state index contributed by atoms with van der Waals surface area (Å²) in [6.45, 7) is 0. The van der Waals surface area contributed by atoms with Crippen LogP contribution in [0, 0.1) is 5.82 Å². The summed E-state index contributed by atoms with van der Waals surface area (Å²) in [5.41, 5.74) is 1.23. The molecule has 0 saturated heterocycles. The van der Waals surface area contributed by atoms with Gasteiger partial charge in [0.15, 0.2) is 0 Å². The number of carboxylic acids is 1. The summed E-state index contributed by atoms with van der Waals surface area (Å²) in [6.07, 6.45) is 0. The predicted molar refractivity (Wildman–Crippen MR) is 63.8 cm³/mol. The van der Waals surface area contributed by atoms with E-state index in [4.69, 9.17) is 16.7 Å². The lowest BCUT2D eigenvalue weighted by Gasteiger charge is -2.06. The van der Waals surface area contributed by atoms with Gasteiger partial charge in [-0.15, -0.1) is 0 Å². The van der Waals surface area contributed by atoms with Gasteiger partial charge in [0, 0.05) is 5.02 Å². The largest absolute Gasteiger partial charge is 0.478 e. The molecule has 2 nitrogen and oxygen atoms in total. The van der Waals surface area contributed by atoms with Gasteiger partial charge in [0.1, 0.15) is 5.82 Å². The molecule has 0 radical (unpaired) electrons. The van der Waals surface area contributed by atoms with Gasteiger partial charge < -0.3 is 5.11 Å². The first kappa shape index (κ1) is 11.6. The van der Waals surface area contributed by atoms with Crippen molar-refractivity contribution in [2.75, 3.05) is 0 Å². The second-order valence-corrected chi connectivity index (χ2v) is 3.94. The third-order valence-corrected chi connectivity index (χ3v) is 2.60. The van der Waals surface area contributed by atoms with Crippen LogP contribution in [0.2, 0.25) is 5.02 Å². The molecule has 0 aromatic heterocycles. The van der Waals surface area contributed by atoms with Gasteiger partial charge in [0.2, 0.25) is 0 Å². The van der Waals surface area contributed by atoms with E-state index in [2.05, 4.69) is 0 Å². The topological polar surface area (TPSA) is 37.3 Å². The number of carboxylic acid groups (broad SMARTS) is 1. The van der Waals surface area contributed by atoms with Gasteiger partial charge in [-0.25, -0.2) is 9.18 Å². The van der Waals surface area contributed by atoms with Crippen LogP contribution in [0.15, 0.2) is 42.5 Å². The van der Waals surface area contributed by atoms with Crippen LogP contribution in [0.4, 0.5) is 4.39 Å². The summed E-state index contributed by atoms with van der Waals surface area (Å²) in [7, 11) is 0. The third kappa shape index (κ3) is 2.45. The Kier molecular flexibility index (Phi) is 3.11. The van der Waals surface area contributed by atoms with Crippen molar-refractivity contribution in [1.82, 2.24) is 0 Å². The van der Waals surface area contributed by atoms with E-state index < -0.39 is 5.97 Å². The van der Waals surface area contributed by atoms with Gasteiger partial charge in [-0.3, -0.25) is 0 Å². The van der Waals surface area contributed by atoms with Crippen molar-refractivity contribution in [3.05, 3.63) is 58.9 Å². The summed E-state index contributed by atoms with van der Waals surface area (Å²) < 4.78 is 12.8. The van der Waals surface area contributed by atoms with E-state index in [0.29, 0.717) is 16.1 Å². The normalized spacial score (nSPS) is 10.2. The molecule has 0 aliphatic rings. The molecule has 1 N–H and O–H groups in total. The Labute approximate surface area is 102 Å². The molecule has 0 amide bonds. The van der Waals surface area contributed by atoms with Crippen LogP contribution in [0.5, 0.6) is 0 Å². The molecule has 0 bridgehead atoms. The smallest absolute Gasteiger partial charge is 0.336 e. The number of hydrogen-bond donors (Lipinski definition) is 1. The summed E-state index contributed by atoms with van der Waals surface area (Å²) in [6, 6.07) is 10.1. The van der Waals surface area contributed by atoms with E-state index in [9.17, 15) is 9.18 Å². The van der Waals surface area contributed by atoms with Crippen molar-refractivity contribution in [2.45, 2.75) is 0 Å². The van der Waals surface area contributed by atoms with E-state index in [-0.39, 0.29) is 11.4 Å². The quantitative estimate of drug-likeness (QED) is 0.879. The summed E-state index contributed by atoms with van der Waals surface area (Å²) in [5.74, 6) is -1.41. The van der Waals surface area contributed by atoms with E-state index in [1.54, 1.807) is 6.07 Å². The van der Waals surface area contributed by atoms with Crippen molar-refractivity contribution in [2.24, 2.45) is 0 Å². The fourth-order valence-corrected chi connectivity index (χ4v) is 1.74. The number of aromatic carboxylic acids is 1. The number of carbonyl (C=O) groups is 1. The highest BCUT2D eigenvalue weighted by Crippen LogP contribution is 2.27. The molecule has 0 heterocycles. The maximum absolute atomic E-state index is 12.8. The lowest BCUT2D eigenvalue weighted by molar-refractivity contribution is 0.0698. The lowest BCUT2D eigenvalue weighted by Crippen LogP contribution is -1.99. The van der Waals surface area contributed by atoms with Crippen LogP contribution in [0.3, 0.4) is 0 Å². The zero-order valence-electron chi connectivity index (χ0n) is 8.65.